The second-order valence-electron chi connectivity index (χ2n) is 6.91. The van der Waals surface area contributed by atoms with Gasteiger partial charge in [-0.15, -0.1) is 0 Å². The minimum Gasteiger partial charge on any atom is -0.339 e. The van der Waals surface area contributed by atoms with Gasteiger partial charge in [-0.1, -0.05) is 6.07 Å². The van der Waals surface area contributed by atoms with Crippen LogP contribution in [0.25, 0.3) is 0 Å². The van der Waals surface area contributed by atoms with Crippen LogP contribution in [0.2, 0.25) is 0 Å². The zero-order valence-corrected chi connectivity index (χ0v) is 14.8. The van der Waals surface area contributed by atoms with Crippen LogP contribution in [-0.4, -0.2) is 62.6 Å². The van der Waals surface area contributed by atoms with Crippen LogP contribution < -0.4 is 0 Å². The molecule has 0 bridgehead atoms. The van der Waals surface area contributed by atoms with Crippen LogP contribution in [0.15, 0.2) is 30.6 Å². The van der Waals surface area contributed by atoms with E-state index in [9.17, 15) is 9.59 Å². The van der Waals surface area contributed by atoms with Crippen LogP contribution in [0, 0.1) is 0 Å². The zero-order valence-electron chi connectivity index (χ0n) is 14.8. The van der Waals surface area contributed by atoms with E-state index in [1.54, 1.807) is 12.4 Å². The molecular weight excluding hydrogens is 330 g/mol. The summed E-state index contributed by atoms with van der Waals surface area (Å²) in [6.07, 6.45) is 7.06. The van der Waals surface area contributed by atoms with Crippen LogP contribution in [-0.2, 0) is 24.2 Å². The highest BCUT2D eigenvalue weighted by molar-refractivity contribution is 5.92. The van der Waals surface area contributed by atoms with E-state index in [1.807, 2.05) is 32.7 Å². The summed E-state index contributed by atoms with van der Waals surface area (Å²) in [5.74, 6) is 0.0637. The Balaban J connectivity index is 1.33. The molecule has 2 aromatic rings. The van der Waals surface area contributed by atoms with E-state index in [-0.39, 0.29) is 11.8 Å². The highest BCUT2D eigenvalue weighted by atomic mass is 16.2. The third kappa shape index (κ3) is 3.47. The van der Waals surface area contributed by atoms with Crippen molar-refractivity contribution in [3.05, 3.63) is 47.5 Å². The maximum absolute atomic E-state index is 12.7. The Morgan fingerprint density at radius 2 is 1.85 bits per heavy atom. The normalized spacial score (nSPS) is 17.1. The number of piperazine rings is 1. The molecule has 7 heteroatoms. The lowest BCUT2D eigenvalue weighted by atomic mass is 10.1. The minimum absolute atomic E-state index is 0.0220. The summed E-state index contributed by atoms with van der Waals surface area (Å²) < 4.78 is 1.96. The summed E-state index contributed by atoms with van der Waals surface area (Å²) in [4.78, 5) is 32.8. The summed E-state index contributed by atoms with van der Waals surface area (Å²) >= 11 is 0. The van der Waals surface area contributed by atoms with Gasteiger partial charge in [0.05, 0.1) is 6.42 Å². The predicted molar refractivity (Wildman–Crippen MR) is 95.6 cm³/mol. The average Bonchev–Trinajstić information content (AvgIpc) is 3.12. The van der Waals surface area contributed by atoms with Crippen molar-refractivity contribution in [1.29, 1.82) is 0 Å². The van der Waals surface area contributed by atoms with Crippen molar-refractivity contribution in [2.45, 2.75) is 32.2 Å². The maximum Gasteiger partial charge on any atom is 0.274 e. The monoisotopic (exact) mass is 353 g/mol. The average molecular weight is 353 g/mol. The summed E-state index contributed by atoms with van der Waals surface area (Å²) in [7, 11) is 0. The number of pyridine rings is 1. The van der Waals surface area contributed by atoms with Gasteiger partial charge in [-0.05, 0) is 37.0 Å². The van der Waals surface area contributed by atoms with E-state index in [4.69, 9.17) is 0 Å². The second kappa shape index (κ2) is 7.27. The molecule has 2 amide bonds. The molecule has 0 atom stereocenters. The lowest BCUT2D eigenvalue weighted by Gasteiger charge is -2.34. The van der Waals surface area contributed by atoms with E-state index in [0.717, 1.165) is 37.1 Å². The van der Waals surface area contributed by atoms with E-state index in [0.29, 0.717) is 38.3 Å². The molecule has 2 aliphatic rings. The molecule has 0 aromatic carbocycles. The smallest absolute Gasteiger partial charge is 0.274 e. The Morgan fingerprint density at radius 3 is 2.58 bits per heavy atom. The van der Waals surface area contributed by atoms with Crippen LogP contribution in [0.3, 0.4) is 0 Å². The minimum atomic E-state index is -0.0220. The van der Waals surface area contributed by atoms with Crippen molar-refractivity contribution in [2.75, 3.05) is 26.2 Å². The van der Waals surface area contributed by atoms with Crippen LogP contribution in [0.1, 0.15) is 34.6 Å². The van der Waals surface area contributed by atoms with Gasteiger partial charge in [0.1, 0.15) is 0 Å². The van der Waals surface area contributed by atoms with Gasteiger partial charge < -0.3 is 9.80 Å². The molecule has 26 heavy (non-hydrogen) atoms. The van der Waals surface area contributed by atoms with Gasteiger partial charge in [0.15, 0.2) is 5.69 Å². The fourth-order valence-electron chi connectivity index (χ4n) is 3.63. The molecule has 0 N–H and O–H groups in total. The highest BCUT2D eigenvalue weighted by Gasteiger charge is 2.27. The fraction of sp³-hybridized carbons (Fsp3) is 0.474. The number of amides is 2. The Labute approximate surface area is 152 Å². The summed E-state index contributed by atoms with van der Waals surface area (Å²) in [5, 5.41) is 4.47. The molecule has 7 nitrogen and oxygen atoms in total. The SMILES string of the molecule is O=C(Cc1cccnc1)N1CCN(C(=O)c2cc3n(n2)CCCC3)CC1. The van der Waals surface area contributed by atoms with Gasteiger partial charge in [-0.3, -0.25) is 19.3 Å². The molecule has 0 radical (unpaired) electrons. The topological polar surface area (TPSA) is 71.3 Å². The summed E-state index contributed by atoms with van der Waals surface area (Å²) in [5.41, 5.74) is 2.61. The van der Waals surface area contributed by atoms with Gasteiger partial charge >= 0.3 is 0 Å². The molecule has 2 aromatic heterocycles. The van der Waals surface area contributed by atoms with Gasteiger partial charge in [-0.2, -0.15) is 5.10 Å². The molecule has 1 saturated heterocycles. The van der Waals surface area contributed by atoms with Gasteiger partial charge in [0.2, 0.25) is 5.91 Å². The predicted octanol–water partition coefficient (Wildman–Crippen LogP) is 1.14. The van der Waals surface area contributed by atoms with Crippen LogP contribution >= 0.6 is 0 Å². The van der Waals surface area contributed by atoms with Gasteiger partial charge in [-0.25, -0.2) is 0 Å². The van der Waals surface area contributed by atoms with E-state index in [1.165, 1.54) is 0 Å². The fourth-order valence-corrected chi connectivity index (χ4v) is 3.63. The third-order valence-electron chi connectivity index (χ3n) is 5.13. The number of hydrogen-bond acceptors (Lipinski definition) is 4. The Hall–Kier alpha value is -2.70. The number of rotatable bonds is 3. The summed E-state index contributed by atoms with van der Waals surface area (Å²) in [6, 6.07) is 5.68. The first-order valence-corrected chi connectivity index (χ1v) is 9.23. The van der Waals surface area contributed by atoms with E-state index in [2.05, 4.69) is 10.1 Å². The van der Waals surface area contributed by atoms with Crippen molar-refractivity contribution >= 4 is 11.8 Å². The van der Waals surface area contributed by atoms with Crippen LogP contribution in [0.5, 0.6) is 0 Å². The number of nitrogens with zero attached hydrogens (tertiary/aromatic N) is 5. The maximum atomic E-state index is 12.7. The van der Waals surface area contributed by atoms with Crippen molar-refractivity contribution in [2.24, 2.45) is 0 Å². The summed E-state index contributed by atoms with van der Waals surface area (Å²) in [6.45, 7) is 3.15. The van der Waals surface area contributed by atoms with E-state index >= 15 is 0 Å². The molecule has 4 heterocycles. The first kappa shape index (κ1) is 16.8. The molecule has 2 aliphatic heterocycles. The van der Waals surface area contributed by atoms with Crippen LogP contribution in [0.4, 0.5) is 0 Å². The number of fused-ring (bicyclic) bond motifs is 1. The molecule has 4 rings (SSSR count). The Kier molecular flexibility index (Phi) is 4.69. The standard InChI is InChI=1S/C19H23N5O2/c25-18(12-15-4-3-6-20-14-15)22-8-10-23(11-9-22)19(26)17-13-16-5-1-2-7-24(16)21-17/h3-4,6,13-14H,1-2,5,7-12H2. The molecule has 136 valence electrons. The lowest BCUT2D eigenvalue weighted by Crippen LogP contribution is -2.51. The number of hydrogen-bond donors (Lipinski definition) is 0. The second-order valence-corrected chi connectivity index (χ2v) is 6.91. The Morgan fingerprint density at radius 1 is 1.04 bits per heavy atom. The first-order valence-electron chi connectivity index (χ1n) is 9.23. The number of carbonyl (C=O) groups excluding carboxylic acids is 2. The molecule has 1 fully saturated rings. The Bertz CT molecular complexity index is 770. The lowest BCUT2D eigenvalue weighted by molar-refractivity contribution is -0.131. The first-order chi connectivity index (χ1) is 12.7. The zero-order chi connectivity index (χ0) is 17.9. The molecule has 0 saturated carbocycles. The van der Waals surface area contributed by atoms with Crippen molar-refractivity contribution < 1.29 is 9.59 Å². The van der Waals surface area contributed by atoms with Crippen molar-refractivity contribution in [1.82, 2.24) is 24.6 Å². The highest BCUT2D eigenvalue weighted by Crippen LogP contribution is 2.17. The largest absolute Gasteiger partial charge is 0.339 e. The quantitative estimate of drug-likeness (QED) is 0.830. The van der Waals surface area contributed by atoms with Gasteiger partial charge in [0.25, 0.3) is 5.91 Å². The van der Waals surface area contributed by atoms with Crippen molar-refractivity contribution in [3.63, 3.8) is 0 Å². The number of carbonyl (C=O) groups is 2. The third-order valence-corrected chi connectivity index (χ3v) is 5.13. The van der Waals surface area contributed by atoms with E-state index < -0.39 is 0 Å². The molecule has 0 spiro atoms. The van der Waals surface area contributed by atoms with Gasteiger partial charge in [0, 0.05) is 50.8 Å². The molecule has 0 unspecified atom stereocenters. The van der Waals surface area contributed by atoms with Crippen molar-refractivity contribution in [3.8, 4) is 0 Å². The number of aromatic nitrogens is 3. The molecular formula is C19H23N5O2. The number of aryl methyl sites for hydroxylation is 2. The molecule has 0 aliphatic carbocycles.